The highest BCUT2D eigenvalue weighted by Gasteiger charge is 1.95. The summed E-state index contributed by atoms with van der Waals surface area (Å²) in [5.74, 6) is 0. The first-order valence-electron chi connectivity index (χ1n) is 6.41. The Morgan fingerprint density at radius 2 is 1.58 bits per heavy atom. The van der Waals surface area contributed by atoms with Crippen molar-refractivity contribution >= 4 is 29.8 Å². The summed E-state index contributed by atoms with van der Waals surface area (Å²) in [6.07, 6.45) is 7.04. The summed E-state index contributed by atoms with van der Waals surface area (Å²) in [4.78, 5) is 0. The van der Waals surface area contributed by atoms with Crippen molar-refractivity contribution in [2.45, 2.75) is 13.3 Å². The van der Waals surface area contributed by atoms with Crippen LogP contribution in [0.1, 0.15) is 29.2 Å². The molecule has 0 unspecified atom stereocenters. The third-order valence-corrected chi connectivity index (χ3v) is 3.25. The molecular formula is C18H17Cl. The van der Waals surface area contributed by atoms with E-state index in [-0.39, 0.29) is 0 Å². The Labute approximate surface area is 120 Å². The molecule has 0 spiro atoms. The standard InChI is InChI=1S/C18H17Cl/c1-3-14-5-7-16(8-6-14)9-10-17-11-15(4-2)12-18(19)13-17/h4-13H,2-3H2,1H3/b10-9+. The van der Waals surface area contributed by atoms with Gasteiger partial charge in [-0.2, -0.15) is 0 Å². The van der Waals surface area contributed by atoms with Gasteiger partial charge < -0.3 is 0 Å². The minimum Gasteiger partial charge on any atom is -0.0985 e. The molecule has 0 amide bonds. The molecule has 0 aliphatic rings. The Kier molecular flexibility index (Phi) is 4.59. The summed E-state index contributed by atoms with van der Waals surface area (Å²) in [7, 11) is 0. The van der Waals surface area contributed by atoms with Crippen molar-refractivity contribution in [1.82, 2.24) is 0 Å². The molecule has 0 fully saturated rings. The monoisotopic (exact) mass is 268 g/mol. The average Bonchev–Trinajstić information content (AvgIpc) is 2.45. The molecule has 0 heterocycles. The van der Waals surface area contributed by atoms with Gasteiger partial charge in [-0.05, 0) is 46.9 Å². The van der Waals surface area contributed by atoms with Gasteiger partial charge in [0.25, 0.3) is 0 Å². The van der Waals surface area contributed by atoms with E-state index in [1.165, 1.54) is 11.1 Å². The van der Waals surface area contributed by atoms with E-state index in [1.54, 1.807) is 6.08 Å². The molecule has 0 atom stereocenters. The third kappa shape index (κ3) is 3.84. The van der Waals surface area contributed by atoms with Crippen molar-refractivity contribution in [2.75, 3.05) is 0 Å². The Bertz CT molecular complexity index is 592. The zero-order chi connectivity index (χ0) is 13.7. The number of benzene rings is 2. The smallest absolute Gasteiger partial charge is 0.0417 e. The molecule has 1 heteroatoms. The lowest BCUT2D eigenvalue weighted by atomic mass is 10.1. The van der Waals surface area contributed by atoms with Gasteiger partial charge >= 0.3 is 0 Å². The van der Waals surface area contributed by atoms with Crippen LogP contribution in [0.15, 0.2) is 49.0 Å². The van der Waals surface area contributed by atoms with E-state index in [0.29, 0.717) is 0 Å². The molecule has 2 rings (SSSR count). The van der Waals surface area contributed by atoms with Crippen molar-refractivity contribution in [3.05, 3.63) is 76.3 Å². The van der Waals surface area contributed by atoms with Gasteiger partial charge in [-0.3, -0.25) is 0 Å². The second-order valence-electron chi connectivity index (χ2n) is 4.45. The number of hydrogen-bond acceptors (Lipinski definition) is 0. The largest absolute Gasteiger partial charge is 0.0985 e. The van der Waals surface area contributed by atoms with Crippen LogP contribution in [0.2, 0.25) is 5.02 Å². The van der Waals surface area contributed by atoms with Crippen molar-refractivity contribution < 1.29 is 0 Å². The molecule has 0 aliphatic heterocycles. The maximum Gasteiger partial charge on any atom is 0.0417 e. The minimum atomic E-state index is 0.735. The van der Waals surface area contributed by atoms with E-state index >= 15 is 0 Å². The van der Waals surface area contributed by atoms with Gasteiger partial charge in [-0.25, -0.2) is 0 Å². The van der Waals surface area contributed by atoms with Crippen LogP contribution < -0.4 is 0 Å². The van der Waals surface area contributed by atoms with E-state index in [9.17, 15) is 0 Å². The predicted octanol–water partition coefficient (Wildman–Crippen LogP) is 5.72. The van der Waals surface area contributed by atoms with Crippen LogP contribution in [0.5, 0.6) is 0 Å². The summed E-state index contributed by atoms with van der Waals surface area (Å²) in [5.41, 5.74) is 4.67. The van der Waals surface area contributed by atoms with Gasteiger partial charge in [0, 0.05) is 5.02 Å². The third-order valence-electron chi connectivity index (χ3n) is 3.03. The van der Waals surface area contributed by atoms with Gasteiger partial charge in [-0.15, -0.1) is 0 Å². The lowest BCUT2D eigenvalue weighted by Gasteiger charge is -2.00. The Morgan fingerprint density at radius 3 is 2.21 bits per heavy atom. The molecule has 96 valence electrons. The van der Waals surface area contributed by atoms with Crippen LogP contribution in [-0.4, -0.2) is 0 Å². The maximum absolute atomic E-state index is 6.07. The highest BCUT2D eigenvalue weighted by atomic mass is 35.5. The fraction of sp³-hybridized carbons (Fsp3) is 0.111. The van der Waals surface area contributed by atoms with Crippen LogP contribution >= 0.6 is 11.6 Å². The first-order valence-corrected chi connectivity index (χ1v) is 6.79. The zero-order valence-electron chi connectivity index (χ0n) is 11.1. The normalized spacial score (nSPS) is 10.8. The van der Waals surface area contributed by atoms with Crippen LogP contribution in [-0.2, 0) is 6.42 Å². The van der Waals surface area contributed by atoms with Crippen LogP contribution in [0, 0.1) is 0 Å². The lowest BCUT2D eigenvalue weighted by Crippen LogP contribution is -1.80. The van der Waals surface area contributed by atoms with Crippen molar-refractivity contribution in [1.29, 1.82) is 0 Å². The minimum absolute atomic E-state index is 0.735. The number of hydrogen-bond donors (Lipinski definition) is 0. The first-order chi connectivity index (χ1) is 9.21. The van der Waals surface area contributed by atoms with E-state index in [0.717, 1.165) is 22.6 Å². The van der Waals surface area contributed by atoms with E-state index in [1.807, 2.05) is 12.1 Å². The van der Waals surface area contributed by atoms with Gasteiger partial charge in [0.15, 0.2) is 0 Å². The quantitative estimate of drug-likeness (QED) is 0.623. The molecule has 2 aromatic rings. The van der Waals surface area contributed by atoms with Crippen LogP contribution in [0.25, 0.3) is 18.2 Å². The second kappa shape index (κ2) is 6.40. The average molecular weight is 269 g/mol. The number of halogens is 1. The molecule has 0 aromatic heterocycles. The van der Waals surface area contributed by atoms with E-state index in [4.69, 9.17) is 11.6 Å². The molecule has 0 aliphatic carbocycles. The molecule has 0 nitrogen and oxygen atoms in total. The maximum atomic E-state index is 6.07. The topological polar surface area (TPSA) is 0 Å². The zero-order valence-corrected chi connectivity index (χ0v) is 11.8. The lowest BCUT2D eigenvalue weighted by molar-refractivity contribution is 1.14. The molecule has 0 saturated carbocycles. The molecule has 0 radical (unpaired) electrons. The summed E-state index contributed by atoms with van der Waals surface area (Å²) in [6, 6.07) is 14.5. The highest BCUT2D eigenvalue weighted by Crippen LogP contribution is 2.18. The van der Waals surface area contributed by atoms with Gasteiger partial charge in [0.2, 0.25) is 0 Å². The molecule has 0 N–H and O–H groups in total. The number of rotatable bonds is 4. The van der Waals surface area contributed by atoms with Crippen molar-refractivity contribution in [3.8, 4) is 0 Å². The number of aryl methyl sites for hydroxylation is 1. The fourth-order valence-electron chi connectivity index (χ4n) is 1.91. The van der Waals surface area contributed by atoms with Gasteiger partial charge in [0.05, 0.1) is 0 Å². The van der Waals surface area contributed by atoms with E-state index in [2.05, 4.69) is 56.0 Å². The second-order valence-corrected chi connectivity index (χ2v) is 4.89. The summed E-state index contributed by atoms with van der Waals surface area (Å²) in [5, 5.41) is 0.735. The summed E-state index contributed by atoms with van der Waals surface area (Å²) >= 11 is 6.07. The Morgan fingerprint density at radius 1 is 0.947 bits per heavy atom. The SMILES string of the molecule is C=Cc1cc(Cl)cc(/C=C/c2ccc(CC)cc2)c1. The summed E-state index contributed by atoms with van der Waals surface area (Å²) < 4.78 is 0. The fourth-order valence-corrected chi connectivity index (χ4v) is 2.16. The van der Waals surface area contributed by atoms with Crippen LogP contribution in [0.3, 0.4) is 0 Å². The molecule has 19 heavy (non-hydrogen) atoms. The Hall–Kier alpha value is -1.79. The highest BCUT2D eigenvalue weighted by molar-refractivity contribution is 6.30. The predicted molar refractivity (Wildman–Crippen MR) is 86.3 cm³/mol. The molecular weight excluding hydrogens is 252 g/mol. The van der Waals surface area contributed by atoms with Crippen LogP contribution in [0.4, 0.5) is 0 Å². The molecule has 2 aromatic carbocycles. The molecule has 0 saturated heterocycles. The molecule has 0 bridgehead atoms. The van der Waals surface area contributed by atoms with Crippen molar-refractivity contribution in [3.63, 3.8) is 0 Å². The van der Waals surface area contributed by atoms with Gasteiger partial charge in [0.1, 0.15) is 0 Å². The first kappa shape index (κ1) is 13.6. The Balaban J connectivity index is 2.21. The summed E-state index contributed by atoms with van der Waals surface area (Å²) in [6.45, 7) is 5.93. The van der Waals surface area contributed by atoms with Gasteiger partial charge in [-0.1, -0.05) is 67.6 Å². The van der Waals surface area contributed by atoms with E-state index < -0.39 is 0 Å². The van der Waals surface area contributed by atoms with Crippen molar-refractivity contribution in [2.24, 2.45) is 0 Å².